The van der Waals surface area contributed by atoms with Gasteiger partial charge in [-0.2, -0.15) is 0 Å². The second kappa shape index (κ2) is 8.88. The maximum absolute atomic E-state index is 10.9. The molecule has 0 bridgehead atoms. The highest BCUT2D eigenvalue weighted by atomic mass is 32.1. The maximum Gasteiger partial charge on any atom is 0.135 e. The molecule has 3 heterocycles. The number of amidine groups is 1. The average molecular weight is 443 g/mol. The quantitative estimate of drug-likeness (QED) is 0.667. The number of aliphatic hydroxyl groups is 1. The van der Waals surface area contributed by atoms with Crippen molar-refractivity contribution in [1.29, 1.82) is 5.41 Å². The van der Waals surface area contributed by atoms with Crippen LogP contribution in [0.25, 0.3) is 16.8 Å². The van der Waals surface area contributed by atoms with E-state index in [-0.39, 0.29) is 11.8 Å². The first-order valence-electron chi connectivity index (χ1n) is 10.6. The lowest BCUT2D eigenvalue weighted by Gasteiger charge is -2.27. The van der Waals surface area contributed by atoms with Gasteiger partial charge in [0.2, 0.25) is 0 Å². The summed E-state index contributed by atoms with van der Waals surface area (Å²) >= 11 is 1.43. The smallest absolute Gasteiger partial charge is 0.135 e. The third-order valence-electron chi connectivity index (χ3n) is 6.42. The summed E-state index contributed by atoms with van der Waals surface area (Å²) in [4.78, 5) is 9.14. The van der Waals surface area contributed by atoms with E-state index in [1.165, 1.54) is 24.2 Å². The Morgan fingerprint density at radius 3 is 2.77 bits per heavy atom. The maximum atomic E-state index is 10.9. The molecule has 1 aromatic heterocycles. The molecule has 0 amide bonds. The molecule has 2 aliphatic heterocycles. The van der Waals surface area contributed by atoms with Crippen LogP contribution in [0.3, 0.4) is 0 Å². The predicted octanol–water partition coefficient (Wildman–Crippen LogP) is 4.26. The minimum atomic E-state index is -0.215. The number of nitrogens with zero attached hydrogens (tertiary/aromatic N) is 3. The van der Waals surface area contributed by atoms with Crippen molar-refractivity contribution in [3.05, 3.63) is 34.3 Å². The molecule has 31 heavy (non-hydrogen) atoms. The molecule has 2 aliphatic rings. The van der Waals surface area contributed by atoms with Crippen LogP contribution in [-0.2, 0) is 0 Å². The Balaban J connectivity index is 1.56. The fraction of sp³-hybridized carbons (Fsp3) is 0.478. The Labute approximate surface area is 187 Å². The number of aliphatic hydroxyl groups excluding tert-OH is 1. The van der Waals surface area contributed by atoms with Crippen LogP contribution in [0, 0.1) is 5.41 Å². The van der Waals surface area contributed by atoms with Gasteiger partial charge in [-0.1, -0.05) is 0 Å². The van der Waals surface area contributed by atoms with Crippen molar-refractivity contribution in [2.24, 2.45) is 0 Å². The first kappa shape index (κ1) is 21.6. The zero-order valence-corrected chi connectivity index (χ0v) is 19.3. The first-order chi connectivity index (χ1) is 14.9. The zero-order valence-electron chi connectivity index (χ0n) is 18.5. The van der Waals surface area contributed by atoms with Crippen molar-refractivity contribution in [3.8, 4) is 22.8 Å². The van der Waals surface area contributed by atoms with Crippen LogP contribution in [0.15, 0.2) is 29.3 Å². The van der Waals surface area contributed by atoms with Crippen LogP contribution in [0.4, 0.5) is 0 Å². The number of ether oxygens (including phenoxy) is 2. The third-order valence-corrected chi connectivity index (χ3v) is 7.28. The number of rotatable bonds is 7. The minimum Gasteiger partial charge on any atom is -0.509 e. The molecule has 2 N–H and O–H groups in total. The van der Waals surface area contributed by atoms with Gasteiger partial charge in [-0.3, -0.25) is 5.41 Å². The van der Waals surface area contributed by atoms with E-state index in [0.717, 1.165) is 36.5 Å². The third kappa shape index (κ3) is 4.02. The van der Waals surface area contributed by atoms with E-state index in [0.29, 0.717) is 28.2 Å². The molecule has 0 saturated carbocycles. The molecule has 1 saturated heterocycles. The Hall–Kier alpha value is -2.58. The highest BCUT2D eigenvalue weighted by Crippen LogP contribution is 2.38. The Morgan fingerprint density at radius 1 is 1.29 bits per heavy atom. The molecule has 0 spiro atoms. The van der Waals surface area contributed by atoms with Gasteiger partial charge in [0.15, 0.2) is 0 Å². The summed E-state index contributed by atoms with van der Waals surface area (Å²) in [6.07, 6.45) is 3.43. The Bertz CT molecular complexity index is 1000. The summed E-state index contributed by atoms with van der Waals surface area (Å²) in [6, 6.07) is 5.92. The van der Waals surface area contributed by atoms with Crippen LogP contribution in [0.2, 0.25) is 0 Å². The average Bonchev–Trinajstić information content (AvgIpc) is 3.46. The van der Waals surface area contributed by atoms with Crippen LogP contribution in [0.5, 0.6) is 11.5 Å². The summed E-state index contributed by atoms with van der Waals surface area (Å²) in [5.41, 5.74) is 2.09. The minimum absolute atomic E-state index is 0.215. The summed E-state index contributed by atoms with van der Waals surface area (Å²) in [7, 11) is 5.42. The van der Waals surface area contributed by atoms with Gasteiger partial charge in [-0.15, -0.1) is 11.3 Å². The molecule has 166 valence electrons. The fourth-order valence-corrected chi connectivity index (χ4v) is 5.36. The number of thiazole rings is 1. The van der Waals surface area contributed by atoms with Gasteiger partial charge in [0.25, 0.3) is 0 Å². The van der Waals surface area contributed by atoms with Gasteiger partial charge in [0.05, 0.1) is 31.5 Å². The lowest BCUT2D eigenvalue weighted by atomic mass is 10.1. The van der Waals surface area contributed by atoms with E-state index >= 15 is 0 Å². The summed E-state index contributed by atoms with van der Waals surface area (Å²) in [5.74, 6) is 2.00. The molecule has 0 aliphatic carbocycles. The molecular formula is C23H30N4O3S. The topological polar surface area (TPSA) is 81.9 Å². The number of nitrogens with one attached hydrogen (secondary N) is 1. The summed E-state index contributed by atoms with van der Waals surface area (Å²) in [6.45, 7) is 3.85. The zero-order chi connectivity index (χ0) is 22.1. The van der Waals surface area contributed by atoms with Crippen LogP contribution >= 0.6 is 11.3 Å². The van der Waals surface area contributed by atoms with Crippen molar-refractivity contribution in [3.63, 3.8) is 0 Å². The van der Waals surface area contributed by atoms with Gasteiger partial charge in [0.1, 0.15) is 28.1 Å². The summed E-state index contributed by atoms with van der Waals surface area (Å²) in [5, 5.41) is 22.2. The molecule has 1 fully saturated rings. The summed E-state index contributed by atoms with van der Waals surface area (Å²) < 4.78 is 10.8. The van der Waals surface area contributed by atoms with E-state index in [4.69, 9.17) is 19.9 Å². The van der Waals surface area contributed by atoms with Crippen LogP contribution < -0.4 is 9.47 Å². The van der Waals surface area contributed by atoms with Gasteiger partial charge < -0.3 is 24.4 Å². The molecule has 4 rings (SSSR count). The van der Waals surface area contributed by atoms with E-state index in [9.17, 15) is 5.11 Å². The molecule has 1 aromatic carbocycles. The van der Waals surface area contributed by atoms with E-state index in [1.54, 1.807) is 14.2 Å². The Morgan fingerprint density at radius 2 is 2.10 bits per heavy atom. The number of aromatic nitrogens is 1. The predicted molar refractivity (Wildman–Crippen MR) is 124 cm³/mol. The number of likely N-dealkylation sites (tertiary alicyclic amines) is 1. The number of hydrogen-bond donors (Lipinski definition) is 2. The molecule has 0 radical (unpaired) electrons. The Kier molecular flexibility index (Phi) is 6.20. The van der Waals surface area contributed by atoms with Crippen molar-refractivity contribution < 1.29 is 14.6 Å². The number of methoxy groups -OCH3 is 2. The number of benzene rings is 1. The van der Waals surface area contributed by atoms with Gasteiger partial charge in [-0.25, -0.2) is 4.98 Å². The molecule has 7 nitrogen and oxygen atoms in total. The molecule has 0 unspecified atom stereocenters. The van der Waals surface area contributed by atoms with Crippen molar-refractivity contribution in [2.45, 2.75) is 38.3 Å². The first-order valence-corrected chi connectivity index (χ1v) is 11.5. The van der Waals surface area contributed by atoms with Crippen molar-refractivity contribution in [1.82, 2.24) is 14.8 Å². The second-order valence-electron chi connectivity index (χ2n) is 8.15. The van der Waals surface area contributed by atoms with Crippen molar-refractivity contribution >= 4 is 22.7 Å². The number of hydrogen-bond acceptors (Lipinski definition) is 7. The SMILES string of the molecule is COc1ccc(OC)c(-c2csc(C3=C(O)[C@H](C)N(CC[C@H]4CCCN4C)C3=N)n2)c1. The monoisotopic (exact) mass is 442 g/mol. The van der Waals surface area contributed by atoms with E-state index in [1.807, 2.05) is 35.4 Å². The van der Waals surface area contributed by atoms with Gasteiger partial charge in [-0.05, 0) is 58.0 Å². The standard InChI is InChI=1S/C23H30N4O3S/c1-14-21(28)20(22(24)27(14)11-9-15-6-5-10-26(15)2)23-25-18(13-31-23)17-12-16(29-3)7-8-19(17)30-4/h7-8,12-15,24,28H,5-6,9-11H2,1-4H3/t14-,15+/m0/s1. The highest BCUT2D eigenvalue weighted by molar-refractivity contribution is 7.11. The second-order valence-corrected chi connectivity index (χ2v) is 9.01. The normalized spacial score (nSPS) is 21.9. The molecular weight excluding hydrogens is 412 g/mol. The van der Waals surface area contributed by atoms with Gasteiger partial charge in [0, 0.05) is 23.5 Å². The largest absolute Gasteiger partial charge is 0.509 e. The lowest BCUT2D eigenvalue weighted by Crippen LogP contribution is -2.37. The van der Waals surface area contributed by atoms with Crippen LogP contribution in [-0.4, -0.2) is 72.2 Å². The highest BCUT2D eigenvalue weighted by Gasteiger charge is 2.36. The lowest BCUT2D eigenvalue weighted by molar-refractivity contribution is 0.242. The van der Waals surface area contributed by atoms with Crippen LogP contribution in [0.1, 0.15) is 31.2 Å². The van der Waals surface area contributed by atoms with Crippen molar-refractivity contribution in [2.75, 3.05) is 34.4 Å². The molecule has 8 heteroatoms. The van der Waals surface area contributed by atoms with E-state index in [2.05, 4.69) is 11.9 Å². The molecule has 2 atom stereocenters. The van der Waals surface area contributed by atoms with Gasteiger partial charge >= 0.3 is 0 Å². The van der Waals surface area contributed by atoms with E-state index < -0.39 is 0 Å². The fourth-order valence-electron chi connectivity index (χ4n) is 4.49. The molecule has 2 aromatic rings.